The van der Waals surface area contributed by atoms with Crippen molar-refractivity contribution in [1.82, 2.24) is 19.5 Å². The number of hydrogen-bond acceptors (Lipinski definition) is 6. The van der Waals surface area contributed by atoms with E-state index in [-0.39, 0.29) is 17.7 Å². The van der Waals surface area contributed by atoms with Gasteiger partial charge in [0.25, 0.3) is 0 Å². The average molecular weight is 409 g/mol. The van der Waals surface area contributed by atoms with E-state index in [1.807, 2.05) is 24.3 Å². The van der Waals surface area contributed by atoms with Crippen molar-refractivity contribution in [2.24, 2.45) is 0 Å². The van der Waals surface area contributed by atoms with Gasteiger partial charge in [0.1, 0.15) is 12.1 Å². The van der Waals surface area contributed by atoms with Crippen LogP contribution in [0.5, 0.6) is 5.88 Å². The average Bonchev–Trinajstić information content (AvgIpc) is 3.33. The first-order chi connectivity index (χ1) is 14.2. The van der Waals surface area contributed by atoms with Gasteiger partial charge in [-0.05, 0) is 29.8 Å². The highest BCUT2D eigenvalue weighted by Crippen LogP contribution is 2.40. The third-order valence-corrected chi connectivity index (χ3v) is 6.44. The summed E-state index contributed by atoms with van der Waals surface area (Å²) in [6.45, 7) is 3.31. The number of rotatable bonds is 4. The summed E-state index contributed by atoms with van der Waals surface area (Å²) in [6.07, 6.45) is 1.42. The molecule has 1 aliphatic heterocycles. The highest BCUT2D eigenvalue weighted by atomic mass is 32.1. The molecule has 0 unspecified atom stereocenters. The number of nitrogens with zero attached hydrogens (tertiary/aromatic N) is 5. The molecule has 1 N–H and O–H groups in total. The second-order valence-corrected chi connectivity index (χ2v) is 8.07. The number of piperazine rings is 1. The van der Waals surface area contributed by atoms with Crippen LogP contribution >= 0.6 is 11.3 Å². The van der Waals surface area contributed by atoms with E-state index in [0.717, 1.165) is 36.6 Å². The van der Waals surface area contributed by atoms with Gasteiger partial charge in [0.2, 0.25) is 10.8 Å². The van der Waals surface area contributed by atoms with E-state index in [9.17, 15) is 9.50 Å². The summed E-state index contributed by atoms with van der Waals surface area (Å²) in [7, 11) is 0. The Hall–Kier alpha value is -2.97. The molecule has 0 bridgehead atoms. The summed E-state index contributed by atoms with van der Waals surface area (Å²) in [5, 5.41) is 14.9. The van der Waals surface area contributed by atoms with Crippen molar-refractivity contribution in [3.63, 3.8) is 0 Å². The molecule has 5 rings (SSSR count). The van der Waals surface area contributed by atoms with Crippen LogP contribution in [-0.2, 0) is 0 Å². The minimum atomic E-state index is -0.283. The molecule has 0 saturated carbocycles. The lowest BCUT2D eigenvalue weighted by molar-refractivity contribution is 0.211. The Kier molecular flexibility index (Phi) is 4.65. The highest BCUT2D eigenvalue weighted by molar-refractivity contribution is 7.17. The predicted molar refractivity (Wildman–Crippen MR) is 111 cm³/mol. The van der Waals surface area contributed by atoms with Crippen molar-refractivity contribution >= 4 is 22.0 Å². The van der Waals surface area contributed by atoms with Crippen LogP contribution in [0.4, 0.5) is 10.1 Å². The fraction of sp³-hybridized carbons (Fsp3) is 0.238. The van der Waals surface area contributed by atoms with E-state index in [2.05, 4.69) is 32.0 Å². The molecule has 1 aliphatic rings. The smallest absolute Gasteiger partial charge is 0.230 e. The first-order valence-electron chi connectivity index (χ1n) is 9.51. The molecule has 0 spiro atoms. The van der Waals surface area contributed by atoms with Gasteiger partial charge >= 0.3 is 0 Å². The standard InChI is InChI=1S/C21H20FN5OS/c22-16-6-4-5-15(13-16)18(19-20(28)27-21(29-19)23-14-24-27)26-11-9-25(10-12-26)17-7-2-1-3-8-17/h1-8,13-14,18,28H,9-12H2/t18-/m1/s1. The lowest BCUT2D eigenvalue weighted by atomic mass is 10.0. The van der Waals surface area contributed by atoms with Crippen LogP contribution in [0.1, 0.15) is 16.5 Å². The summed E-state index contributed by atoms with van der Waals surface area (Å²) in [5.41, 5.74) is 2.02. The van der Waals surface area contributed by atoms with E-state index in [4.69, 9.17) is 0 Å². The Morgan fingerprint density at radius 3 is 2.52 bits per heavy atom. The quantitative estimate of drug-likeness (QED) is 0.559. The molecular weight excluding hydrogens is 389 g/mol. The summed E-state index contributed by atoms with van der Waals surface area (Å²) in [6, 6.07) is 16.7. The zero-order valence-corrected chi connectivity index (χ0v) is 16.5. The van der Waals surface area contributed by atoms with Crippen LogP contribution in [0.2, 0.25) is 0 Å². The first kappa shape index (κ1) is 18.1. The lowest BCUT2D eigenvalue weighted by Crippen LogP contribution is -2.47. The van der Waals surface area contributed by atoms with Crippen molar-refractivity contribution in [3.05, 3.63) is 77.2 Å². The molecular formula is C21H20FN5OS. The zero-order valence-electron chi connectivity index (χ0n) is 15.6. The molecule has 0 amide bonds. The number of hydrogen-bond donors (Lipinski definition) is 1. The van der Waals surface area contributed by atoms with E-state index < -0.39 is 0 Å². The monoisotopic (exact) mass is 409 g/mol. The van der Waals surface area contributed by atoms with Gasteiger partial charge in [-0.1, -0.05) is 41.7 Å². The molecule has 148 valence electrons. The number of benzene rings is 2. The number of aromatic hydroxyl groups is 1. The molecule has 8 heteroatoms. The fourth-order valence-electron chi connectivity index (χ4n) is 3.95. The number of para-hydroxylation sites is 1. The SMILES string of the molecule is Oc1c([C@@H](c2cccc(F)c2)N2CCN(c3ccccc3)CC2)sc2ncnn12. The summed E-state index contributed by atoms with van der Waals surface area (Å²) in [5.74, 6) is -0.211. The molecule has 0 aliphatic carbocycles. The van der Waals surface area contributed by atoms with E-state index in [0.29, 0.717) is 4.96 Å². The van der Waals surface area contributed by atoms with E-state index in [1.54, 1.807) is 12.1 Å². The zero-order chi connectivity index (χ0) is 19.8. The molecule has 1 saturated heterocycles. The second kappa shape index (κ2) is 7.46. The number of thiazole rings is 1. The Balaban J connectivity index is 1.48. The minimum absolute atomic E-state index is 0.0715. The van der Waals surface area contributed by atoms with Crippen LogP contribution in [-0.4, -0.2) is 50.8 Å². The third kappa shape index (κ3) is 3.34. The number of fused-ring (bicyclic) bond motifs is 1. The van der Waals surface area contributed by atoms with Gasteiger partial charge in [-0.3, -0.25) is 4.90 Å². The summed E-state index contributed by atoms with van der Waals surface area (Å²) in [4.78, 5) is 10.2. The van der Waals surface area contributed by atoms with Gasteiger partial charge in [0.05, 0.1) is 10.9 Å². The normalized spacial score (nSPS) is 16.4. The number of halogens is 1. The highest BCUT2D eigenvalue weighted by Gasteiger charge is 2.31. The first-order valence-corrected chi connectivity index (χ1v) is 10.3. The molecule has 6 nitrogen and oxygen atoms in total. The number of aromatic nitrogens is 3. The van der Waals surface area contributed by atoms with E-state index in [1.165, 1.54) is 33.9 Å². The van der Waals surface area contributed by atoms with Crippen LogP contribution < -0.4 is 4.90 Å². The fourth-order valence-corrected chi connectivity index (χ4v) is 5.05. The lowest BCUT2D eigenvalue weighted by Gasteiger charge is -2.40. The van der Waals surface area contributed by atoms with Gasteiger partial charge in [0.15, 0.2) is 0 Å². The molecule has 2 aromatic heterocycles. The van der Waals surface area contributed by atoms with Gasteiger partial charge in [-0.2, -0.15) is 9.61 Å². The summed E-state index contributed by atoms with van der Waals surface area (Å²) < 4.78 is 15.5. The van der Waals surface area contributed by atoms with Crippen molar-refractivity contribution in [2.45, 2.75) is 6.04 Å². The molecule has 29 heavy (non-hydrogen) atoms. The maximum atomic E-state index is 14.0. The molecule has 3 heterocycles. The van der Waals surface area contributed by atoms with Crippen molar-refractivity contribution in [3.8, 4) is 5.88 Å². The largest absolute Gasteiger partial charge is 0.492 e. The van der Waals surface area contributed by atoms with Crippen molar-refractivity contribution in [2.75, 3.05) is 31.1 Å². The van der Waals surface area contributed by atoms with Crippen LogP contribution in [0.25, 0.3) is 4.96 Å². The number of anilines is 1. The summed E-state index contributed by atoms with van der Waals surface area (Å²) >= 11 is 1.39. The van der Waals surface area contributed by atoms with Gasteiger partial charge in [0, 0.05) is 31.9 Å². The van der Waals surface area contributed by atoms with Crippen molar-refractivity contribution in [1.29, 1.82) is 0 Å². The molecule has 1 fully saturated rings. The topological polar surface area (TPSA) is 56.9 Å². The molecule has 4 aromatic rings. The van der Waals surface area contributed by atoms with E-state index >= 15 is 0 Å². The van der Waals surface area contributed by atoms with Gasteiger partial charge in [-0.25, -0.2) is 9.37 Å². The maximum Gasteiger partial charge on any atom is 0.230 e. The Bertz CT molecular complexity index is 1120. The Morgan fingerprint density at radius 1 is 1.00 bits per heavy atom. The molecule has 0 radical (unpaired) electrons. The molecule has 2 aromatic carbocycles. The Morgan fingerprint density at radius 2 is 1.79 bits per heavy atom. The van der Waals surface area contributed by atoms with Gasteiger partial charge in [-0.15, -0.1) is 0 Å². The van der Waals surface area contributed by atoms with Crippen LogP contribution in [0, 0.1) is 5.82 Å². The van der Waals surface area contributed by atoms with Crippen LogP contribution in [0.15, 0.2) is 60.9 Å². The predicted octanol–water partition coefficient (Wildman–Crippen LogP) is 3.55. The second-order valence-electron chi connectivity index (χ2n) is 7.06. The third-order valence-electron chi connectivity index (χ3n) is 5.35. The minimum Gasteiger partial charge on any atom is -0.492 e. The molecule has 1 atom stereocenters. The van der Waals surface area contributed by atoms with Gasteiger partial charge < -0.3 is 10.0 Å². The maximum absolute atomic E-state index is 14.0. The van der Waals surface area contributed by atoms with Crippen LogP contribution in [0.3, 0.4) is 0 Å². The Labute approximate surface area is 171 Å². The van der Waals surface area contributed by atoms with Crippen molar-refractivity contribution < 1.29 is 9.50 Å².